The number of aromatic nitrogens is 2. The molecular weight excluding hydrogens is 194 g/mol. The van der Waals surface area contributed by atoms with Crippen LogP contribution < -0.4 is 14.8 Å². The lowest BCUT2D eigenvalue weighted by Gasteiger charge is -2.09. The average Bonchev–Trinajstić information content (AvgIpc) is 2.25. The van der Waals surface area contributed by atoms with E-state index >= 15 is 0 Å². The molecule has 0 fully saturated rings. The Morgan fingerprint density at radius 3 is 2.13 bits per heavy atom. The Morgan fingerprint density at radius 2 is 1.73 bits per heavy atom. The molecule has 0 amide bonds. The van der Waals surface area contributed by atoms with Crippen LogP contribution in [-0.2, 0) is 0 Å². The van der Waals surface area contributed by atoms with Crippen LogP contribution in [0.25, 0.3) is 0 Å². The van der Waals surface area contributed by atoms with Crippen molar-refractivity contribution in [1.82, 2.24) is 9.97 Å². The van der Waals surface area contributed by atoms with Gasteiger partial charge in [0.2, 0.25) is 17.7 Å². The van der Waals surface area contributed by atoms with Gasteiger partial charge in [-0.15, -0.1) is 0 Å². The molecule has 0 unspecified atom stereocenters. The normalized spacial score (nSPS) is 10.2. The van der Waals surface area contributed by atoms with Crippen LogP contribution in [0.2, 0.25) is 0 Å². The van der Waals surface area contributed by atoms with Gasteiger partial charge < -0.3 is 14.8 Å². The average molecular weight is 211 g/mol. The second kappa shape index (κ2) is 5.38. The fourth-order valence-corrected chi connectivity index (χ4v) is 0.988. The molecule has 1 N–H and O–H groups in total. The first-order chi connectivity index (χ1) is 7.15. The number of rotatable bonds is 5. The van der Waals surface area contributed by atoms with Crippen LogP contribution in [0.3, 0.4) is 0 Å². The van der Waals surface area contributed by atoms with Crippen molar-refractivity contribution in [2.24, 2.45) is 5.92 Å². The van der Waals surface area contributed by atoms with Gasteiger partial charge in [0.05, 0.1) is 20.3 Å². The van der Waals surface area contributed by atoms with E-state index in [4.69, 9.17) is 9.47 Å². The molecule has 0 aliphatic heterocycles. The standard InChI is InChI=1S/C10H17N3O2/c1-7(2)6-11-10-12-8(14-3)5-9(13-10)15-4/h5,7H,6H2,1-4H3,(H,11,12,13). The minimum absolute atomic E-state index is 0.494. The molecule has 0 bridgehead atoms. The summed E-state index contributed by atoms with van der Waals surface area (Å²) in [4.78, 5) is 8.29. The minimum atomic E-state index is 0.494. The van der Waals surface area contributed by atoms with Crippen LogP contribution in [0.4, 0.5) is 5.95 Å². The first-order valence-corrected chi connectivity index (χ1v) is 4.86. The summed E-state index contributed by atoms with van der Waals surface area (Å²) in [5.74, 6) is 2.05. The van der Waals surface area contributed by atoms with Crippen molar-refractivity contribution >= 4 is 5.95 Å². The molecule has 0 aromatic carbocycles. The zero-order chi connectivity index (χ0) is 11.3. The first-order valence-electron chi connectivity index (χ1n) is 4.86. The first kappa shape index (κ1) is 11.6. The van der Waals surface area contributed by atoms with Crippen molar-refractivity contribution in [2.75, 3.05) is 26.1 Å². The summed E-state index contributed by atoms with van der Waals surface area (Å²) >= 11 is 0. The van der Waals surface area contributed by atoms with Crippen LogP contribution in [0.15, 0.2) is 6.07 Å². The summed E-state index contributed by atoms with van der Waals surface area (Å²) < 4.78 is 10.1. The van der Waals surface area contributed by atoms with Crippen LogP contribution in [0.5, 0.6) is 11.8 Å². The van der Waals surface area contributed by atoms with Crippen molar-refractivity contribution < 1.29 is 9.47 Å². The van der Waals surface area contributed by atoms with Gasteiger partial charge in [-0.2, -0.15) is 9.97 Å². The highest BCUT2D eigenvalue weighted by Gasteiger charge is 2.05. The Kier molecular flexibility index (Phi) is 4.15. The van der Waals surface area contributed by atoms with Crippen molar-refractivity contribution in [2.45, 2.75) is 13.8 Å². The summed E-state index contributed by atoms with van der Waals surface area (Å²) in [6.45, 7) is 5.05. The molecule has 1 aromatic rings. The lowest BCUT2D eigenvalue weighted by atomic mass is 10.2. The summed E-state index contributed by atoms with van der Waals surface area (Å²) in [5.41, 5.74) is 0. The van der Waals surface area contributed by atoms with Gasteiger partial charge >= 0.3 is 0 Å². The third kappa shape index (κ3) is 3.61. The van der Waals surface area contributed by atoms with E-state index in [0.29, 0.717) is 23.6 Å². The van der Waals surface area contributed by atoms with Gasteiger partial charge in [0.25, 0.3) is 0 Å². The molecule has 0 saturated carbocycles. The predicted octanol–water partition coefficient (Wildman–Crippen LogP) is 1.56. The number of hydrogen-bond donors (Lipinski definition) is 1. The minimum Gasteiger partial charge on any atom is -0.481 e. The molecule has 0 aliphatic rings. The highest BCUT2D eigenvalue weighted by molar-refractivity contribution is 5.33. The molecule has 0 atom stereocenters. The maximum atomic E-state index is 5.03. The van der Waals surface area contributed by atoms with Gasteiger partial charge in [0.15, 0.2) is 0 Å². The number of anilines is 1. The summed E-state index contributed by atoms with van der Waals surface area (Å²) in [6, 6.07) is 1.64. The molecule has 1 heterocycles. The highest BCUT2D eigenvalue weighted by atomic mass is 16.5. The summed E-state index contributed by atoms with van der Waals surface area (Å²) in [5, 5.41) is 3.11. The van der Waals surface area contributed by atoms with E-state index in [1.807, 2.05) is 0 Å². The van der Waals surface area contributed by atoms with Crippen LogP contribution >= 0.6 is 0 Å². The molecule has 1 rings (SSSR count). The molecule has 0 saturated heterocycles. The van der Waals surface area contributed by atoms with Crippen LogP contribution in [0, 0.1) is 5.92 Å². The quantitative estimate of drug-likeness (QED) is 0.801. The van der Waals surface area contributed by atoms with Crippen molar-refractivity contribution in [3.8, 4) is 11.8 Å². The van der Waals surface area contributed by atoms with Gasteiger partial charge in [0.1, 0.15) is 0 Å². The Morgan fingerprint density at radius 1 is 1.20 bits per heavy atom. The van der Waals surface area contributed by atoms with Crippen molar-refractivity contribution in [1.29, 1.82) is 0 Å². The smallest absolute Gasteiger partial charge is 0.229 e. The molecule has 5 heteroatoms. The van der Waals surface area contributed by atoms with Gasteiger partial charge in [-0.1, -0.05) is 13.8 Å². The van der Waals surface area contributed by atoms with Gasteiger partial charge in [-0.25, -0.2) is 0 Å². The molecule has 15 heavy (non-hydrogen) atoms. The maximum Gasteiger partial charge on any atom is 0.229 e. The van der Waals surface area contributed by atoms with E-state index in [0.717, 1.165) is 6.54 Å². The number of nitrogens with one attached hydrogen (secondary N) is 1. The highest BCUT2D eigenvalue weighted by Crippen LogP contribution is 2.17. The number of nitrogens with zero attached hydrogens (tertiary/aromatic N) is 2. The van der Waals surface area contributed by atoms with E-state index in [1.54, 1.807) is 20.3 Å². The van der Waals surface area contributed by atoms with E-state index in [2.05, 4.69) is 29.1 Å². The van der Waals surface area contributed by atoms with E-state index in [-0.39, 0.29) is 0 Å². The van der Waals surface area contributed by atoms with E-state index in [1.165, 1.54) is 0 Å². The van der Waals surface area contributed by atoms with Gasteiger partial charge in [-0.05, 0) is 5.92 Å². The third-order valence-corrected chi connectivity index (χ3v) is 1.77. The summed E-state index contributed by atoms with van der Waals surface area (Å²) in [7, 11) is 3.13. The fraction of sp³-hybridized carbons (Fsp3) is 0.600. The SMILES string of the molecule is COc1cc(OC)nc(NCC(C)C)n1. The summed E-state index contributed by atoms with van der Waals surface area (Å²) in [6.07, 6.45) is 0. The molecule has 5 nitrogen and oxygen atoms in total. The Hall–Kier alpha value is -1.52. The molecule has 0 aliphatic carbocycles. The number of ether oxygens (including phenoxy) is 2. The lowest BCUT2D eigenvalue weighted by molar-refractivity contribution is 0.372. The van der Waals surface area contributed by atoms with Crippen LogP contribution in [-0.4, -0.2) is 30.7 Å². The second-order valence-electron chi connectivity index (χ2n) is 3.55. The van der Waals surface area contributed by atoms with E-state index in [9.17, 15) is 0 Å². The molecule has 1 aromatic heterocycles. The van der Waals surface area contributed by atoms with Crippen LogP contribution in [0.1, 0.15) is 13.8 Å². The molecule has 0 spiro atoms. The number of hydrogen-bond acceptors (Lipinski definition) is 5. The molecule has 0 radical (unpaired) electrons. The maximum absolute atomic E-state index is 5.03. The zero-order valence-corrected chi connectivity index (χ0v) is 9.57. The van der Waals surface area contributed by atoms with Crippen molar-refractivity contribution in [3.05, 3.63) is 6.07 Å². The second-order valence-corrected chi connectivity index (χ2v) is 3.55. The van der Waals surface area contributed by atoms with E-state index < -0.39 is 0 Å². The topological polar surface area (TPSA) is 56.3 Å². The predicted molar refractivity (Wildman–Crippen MR) is 58.5 cm³/mol. The fourth-order valence-electron chi connectivity index (χ4n) is 0.988. The Labute approximate surface area is 89.8 Å². The molecule has 84 valence electrons. The Bertz CT molecular complexity index is 293. The van der Waals surface area contributed by atoms with Gasteiger partial charge in [-0.3, -0.25) is 0 Å². The lowest BCUT2D eigenvalue weighted by Crippen LogP contribution is -2.11. The zero-order valence-electron chi connectivity index (χ0n) is 9.57. The van der Waals surface area contributed by atoms with Crippen molar-refractivity contribution in [3.63, 3.8) is 0 Å². The number of methoxy groups -OCH3 is 2. The monoisotopic (exact) mass is 211 g/mol. The largest absolute Gasteiger partial charge is 0.481 e. The Balaban J connectivity index is 2.77. The molecular formula is C10H17N3O2. The van der Waals surface area contributed by atoms with Gasteiger partial charge in [0, 0.05) is 6.54 Å². The third-order valence-electron chi connectivity index (χ3n) is 1.77.